The van der Waals surface area contributed by atoms with Gasteiger partial charge in [-0.2, -0.15) is 0 Å². The molecule has 2 rings (SSSR count). The van der Waals surface area contributed by atoms with Crippen molar-refractivity contribution in [3.05, 3.63) is 53.6 Å². The Morgan fingerprint density at radius 2 is 2.00 bits per heavy atom. The van der Waals surface area contributed by atoms with Crippen LogP contribution in [0, 0.1) is 0 Å². The maximum atomic E-state index is 11.9. The van der Waals surface area contributed by atoms with Gasteiger partial charge in [0, 0.05) is 18.4 Å². The van der Waals surface area contributed by atoms with Crippen molar-refractivity contribution < 1.29 is 14.7 Å². The maximum absolute atomic E-state index is 11.9. The van der Waals surface area contributed by atoms with Crippen molar-refractivity contribution in [3.63, 3.8) is 0 Å². The van der Waals surface area contributed by atoms with E-state index in [1.165, 1.54) is 12.2 Å². The van der Waals surface area contributed by atoms with Crippen LogP contribution in [0.4, 0.5) is 0 Å². The Morgan fingerprint density at radius 3 is 2.67 bits per heavy atom. The van der Waals surface area contributed by atoms with E-state index >= 15 is 0 Å². The average molecular weight is 242 g/mol. The molecule has 3 nitrogen and oxygen atoms in total. The maximum Gasteiger partial charge on any atom is 0.184 e. The van der Waals surface area contributed by atoms with Crippen LogP contribution < -0.4 is 0 Å². The number of aliphatic hydroxyl groups excluding tert-OH is 1. The zero-order chi connectivity index (χ0) is 13.0. The van der Waals surface area contributed by atoms with Crippen molar-refractivity contribution in [1.82, 2.24) is 0 Å². The third-order valence-corrected chi connectivity index (χ3v) is 2.84. The van der Waals surface area contributed by atoms with E-state index < -0.39 is 6.10 Å². The molecule has 0 amide bonds. The van der Waals surface area contributed by atoms with Gasteiger partial charge in [0.2, 0.25) is 0 Å². The Morgan fingerprint density at radius 1 is 1.28 bits per heavy atom. The number of allylic oxidation sites excluding steroid dienone is 2. The second kappa shape index (κ2) is 5.56. The van der Waals surface area contributed by atoms with E-state index in [1.54, 1.807) is 6.08 Å². The van der Waals surface area contributed by atoms with E-state index in [9.17, 15) is 14.7 Å². The lowest BCUT2D eigenvalue weighted by atomic mass is 9.92. The molecular weight excluding hydrogens is 228 g/mol. The predicted octanol–water partition coefficient (Wildman–Crippen LogP) is 1.92. The van der Waals surface area contributed by atoms with Crippen LogP contribution in [0.3, 0.4) is 0 Å². The molecule has 1 atom stereocenters. The van der Waals surface area contributed by atoms with Crippen LogP contribution >= 0.6 is 0 Å². The Labute approximate surface area is 105 Å². The van der Waals surface area contributed by atoms with Crippen LogP contribution in [0.25, 0.3) is 6.08 Å². The molecule has 0 heterocycles. The van der Waals surface area contributed by atoms with Crippen LogP contribution in [0.15, 0.2) is 48.1 Å². The molecule has 1 aromatic rings. The summed E-state index contributed by atoms with van der Waals surface area (Å²) in [4.78, 5) is 22.9. The van der Waals surface area contributed by atoms with Crippen LogP contribution in [-0.4, -0.2) is 22.8 Å². The van der Waals surface area contributed by atoms with Gasteiger partial charge in [-0.25, -0.2) is 0 Å². The van der Waals surface area contributed by atoms with Gasteiger partial charge < -0.3 is 5.11 Å². The van der Waals surface area contributed by atoms with Crippen LogP contribution in [0.5, 0.6) is 0 Å². The number of hydrogen-bond acceptors (Lipinski definition) is 3. The Bertz CT molecular complexity index is 512. The van der Waals surface area contributed by atoms with Gasteiger partial charge in [0.05, 0.1) is 6.10 Å². The fourth-order valence-electron chi connectivity index (χ4n) is 1.87. The minimum absolute atomic E-state index is 0.0360. The molecule has 0 radical (unpaired) electrons. The molecule has 92 valence electrons. The topological polar surface area (TPSA) is 54.4 Å². The van der Waals surface area contributed by atoms with E-state index in [2.05, 4.69) is 0 Å². The molecule has 0 saturated carbocycles. The minimum Gasteiger partial charge on any atom is -0.388 e. The summed E-state index contributed by atoms with van der Waals surface area (Å²) in [6.07, 6.45) is 3.97. The summed E-state index contributed by atoms with van der Waals surface area (Å²) < 4.78 is 0. The Balaban J connectivity index is 2.09. The average Bonchev–Trinajstić information content (AvgIpc) is 2.37. The Hall–Kier alpha value is -2.00. The van der Waals surface area contributed by atoms with Crippen molar-refractivity contribution in [2.24, 2.45) is 0 Å². The van der Waals surface area contributed by atoms with Crippen molar-refractivity contribution in [2.45, 2.75) is 18.9 Å². The molecule has 0 bridgehead atoms. The molecule has 1 unspecified atom stereocenters. The number of benzene rings is 1. The molecule has 1 aliphatic carbocycles. The first-order chi connectivity index (χ1) is 8.66. The van der Waals surface area contributed by atoms with Crippen molar-refractivity contribution in [1.29, 1.82) is 0 Å². The second-order valence-corrected chi connectivity index (χ2v) is 4.23. The van der Waals surface area contributed by atoms with Crippen LogP contribution in [-0.2, 0) is 9.59 Å². The van der Waals surface area contributed by atoms with Gasteiger partial charge in [0.1, 0.15) is 5.78 Å². The zero-order valence-electron chi connectivity index (χ0n) is 9.87. The lowest BCUT2D eigenvalue weighted by molar-refractivity contribution is -0.120. The summed E-state index contributed by atoms with van der Waals surface area (Å²) >= 11 is 0. The molecule has 0 aromatic heterocycles. The summed E-state index contributed by atoms with van der Waals surface area (Å²) in [5, 5.41) is 9.66. The lowest BCUT2D eigenvalue weighted by Gasteiger charge is -2.16. The van der Waals surface area contributed by atoms with Gasteiger partial charge in [0.15, 0.2) is 5.78 Å². The van der Waals surface area contributed by atoms with Gasteiger partial charge in [-0.1, -0.05) is 42.5 Å². The first-order valence-electron chi connectivity index (χ1n) is 5.84. The molecule has 18 heavy (non-hydrogen) atoms. The SMILES string of the molecule is O=C1CC=C(C(=O)C=Cc2ccccc2)C(O)C1. The molecule has 0 aliphatic heterocycles. The number of aliphatic hydroxyl groups is 1. The first-order valence-corrected chi connectivity index (χ1v) is 5.84. The molecular formula is C15H14O3. The standard InChI is InChI=1S/C15H14O3/c16-12-7-8-13(15(18)10-12)14(17)9-6-11-4-2-1-3-5-11/h1-6,8-9,15,18H,7,10H2. The number of Topliss-reactive ketones (excluding diaryl/α,β-unsaturated/α-hetero) is 1. The van der Waals surface area contributed by atoms with E-state index in [0.29, 0.717) is 5.57 Å². The summed E-state index contributed by atoms with van der Waals surface area (Å²) in [6.45, 7) is 0. The van der Waals surface area contributed by atoms with Crippen LogP contribution in [0.2, 0.25) is 0 Å². The quantitative estimate of drug-likeness (QED) is 0.824. The predicted molar refractivity (Wildman–Crippen MR) is 68.8 cm³/mol. The molecule has 1 N–H and O–H groups in total. The van der Waals surface area contributed by atoms with E-state index in [4.69, 9.17) is 0 Å². The fourth-order valence-corrected chi connectivity index (χ4v) is 1.87. The number of ketones is 2. The van der Waals surface area contributed by atoms with E-state index in [0.717, 1.165) is 5.56 Å². The van der Waals surface area contributed by atoms with Gasteiger partial charge in [-0.15, -0.1) is 0 Å². The highest BCUT2D eigenvalue weighted by atomic mass is 16.3. The number of rotatable bonds is 3. The number of carbonyl (C=O) groups excluding carboxylic acids is 2. The third-order valence-electron chi connectivity index (χ3n) is 2.84. The molecule has 0 spiro atoms. The van der Waals surface area contributed by atoms with Crippen LogP contribution in [0.1, 0.15) is 18.4 Å². The smallest absolute Gasteiger partial charge is 0.184 e. The molecule has 1 aromatic carbocycles. The third kappa shape index (κ3) is 3.02. The van der Waals surface area contributed by atoms with E-state index in [1.807, 2.05) is 30.3 Å². The summed E-state index contributed by atoms with van der Waals surface area (Å²) in [5.74, 6) is -0.273. The molecule has 0 saturated heterocycles. The van der Waals surface area contributed by atoms with E-state index in [-0.39, 0.29) is 24.4 Å². The summed E-state index contributed by atoms with van der Waals surface area (Å²) in [6, 6.07) is 9.45. The van der Waals surface area contributed by atoms with Crippen molar-refractivity contribution >= 4 is 17.6 Å². The highest BCUT2D eigenvalue weighted by Crippen LogP contribution is 2.17. The summed E-state index contributed by atoms with van der Waals surface area (Å²) in [5.41, 5.74) is 1.25. The largest absolute Gasteiger partial charge is 0.388 e. The van der Waals surface area contributed by atoms with Gasteiger partial charge in [-0.3, -0.25) is 9.59 Å². The highest BCUT2D eigenvalue weighted by molar-refractivity contribution is 6.08. The monoisotopic (exact) mass is 242 g/mol. The summed E-state index contributed by atoms with van der Waals surface area (Å²) in [7, 11) is 0. The molecule has 3 heteroatoms. The second-order valence-electron chi connectivity index (χ2n) is 4.23. The Kier molecular flexibility index (Phi) is 3.85. The van der Waals surface area contributed by atoms with Crippen molar-refractivity contribution in [3.8, 4) is 0 Å². The molecule has 1 aliphatic rings. The zero-order valence-corrected chi connectivity index (χ0v) is 9.87. The minimum atomic E-state index is -0.959. The number of carbonyl (C=O) groups is 2. The number of hydrogen-bond donors (Lipinski definition) is 1. The first kappa shape index (κ1) is 12.5. The molecule has 0 fully saturated rings. The van der Waals surface area contributed by atoms with Gasteiger partial charge in [-0.05, 0) is 11.6 Å². The van der Waals surface area contributed by atoms with Crippen molar-refractivity contribution in [2.75, 3.05) is 0 Å². The van der Waals surface area contributed by atoms with Gasteiger partial charge in [0.25, 0.3) is 0 Å². The highest BCUT2D eigenvalue weighted by Gasteiger charge is 2.23. The van der Waals surface area contributed by atoms with Gasteiger partial charge >= 0.3 is 0 Å². The fraction of sp³-hybridized carbons (Fsp3) is 0.200. The normalized spacial score (nSPS) is 19.9. The lowest BCUT2D eigenvalue weighted by Crippen LogP contribution is -2.24.